The lowest BCUT2D eigenvalue weighted by atomic mass is 9.86. The van der Waals surface area contributed by atoms with Crippen LogP contribution in [0.3, 0.4) is 0 Å². The summed E-state index contributed by atoms with van der Waals surface area (Å²) in [6.07, 6.45) is 6.91. The van der Waals surface area contributed by atoms with Crippen LogP contribution in [0.25, 0.3) is 22.2 Å². The SMILES string of the molecule is CC(C)N1CCN(c2ccc(-c3cc(C4CCN(C5CCOCC5)CC4)c4nc(C5CCOCC5)n(C)c4c3)cc2)CC1. The van der Waals surface area contributed by atoms with Gasteiger partial charge in [-0.2, -0.15) is 0 Å². The molecule has 4 saturated heterocycles. The Kier molecular flexibility index (Phi) is 8.77. The number of ether oxygens (including phenoxy) is 2. The molecule has 7 heteroatoms. The predicted molar refractivity (Wildman–Crippen MR) is 175 cm³/mol. The third kappa shape index (κ3) is 6.11. The van der Waals surface area contributed by atoms with Gasteiger partial charge in [0.2, 0.25) is 0 Å². The van der Waals surface area contributed by atoms with Crippen LogP contribution in [0.4, 0.5) is 5.69 Å². The Bertz CT molecular complexity index is 1360. The van der Waals surface area contributed by atoms with Crippen LogP contribution < -0.4 is 4.90 Å². The number of likely N-dealkylation sites (tertiary alicyclic amines) is 1. The number of hydrogen-bond acceptors (Lipinski definition) is 6. The standard InChI is InChI=1S/C36H51N5O2/c1-26(2)39-16-18-41(19-17-39)31-6-4-27(5-7-31)30-24-33(28-8-14-40(15-9-28)32-12-22-43-23-13-32)35-34(25-30)38(3)36(37-35)29-10-20-42-21-11-29/h4-7,24-26,28-29,32H,8-23H2,1-3H3. The van der Waals surface area contributed by atoms with Crippen molar-refractivity contribution in [2.45, 2.75) is 76.3 Å². The summed E-state index contributed by atoms with van der Waals surface area (Å²) < 4.78 is 13.8. The van der Waals surface area contributed by atoms with Crippen molar-refractivity contribution in [2.75, 3.05) is 70.6 Å². The molecule has 0 N–H and O–H groups in total. The van der Waals surface area contributed by atoms with E-state index in [1.54, 1.807) is 0 Å². The molecule has 0 spiro atoms. The second kappa shape index (κ2) is 12.9. The molecular weight excluding hydrogens is 534 g/mol. The molecule has 1 aromatic heterocycles. The summed E-state index contributed by atoms with van der Waals surface area (Å²) in [7, 11) is 2.24. The van der Waals surface area contributed by atoms with Gasteiger partial charge in [0.05, 0.1) is 11.0 Å². The molecule has 0 saturated carbocycles. The Labute approximate surface area is 258 Å². The molecule has 232 valence electrons. The molecule has 0 aliphatic carbocycles. The van der Waals surface area contributed by atoms with Crippen molar-refractivity contribution in [1.29, 1.82) is 0 Å². The van der Waals surface area contributed by atoms with Crippen LogP contribution in [0.5, 0.6) is 0 Å². The van der Waals surface area contributed by atoms with Crippen molar-refractivity contribution in [3.63, 3.8) is 0 Å². The van der Waals surface area contributed by atoms with E-state index in [4.69, 9.17) is 14.5 Å². The average molecular weight is 586 g/mol. The third-order valence-corrected chi connectivity index (χ3v) is 10.9. The topological polar surface area (TPSA) is 46.0 Å². The summed E-state index contributed by atoms with van der Waals surface area (Å²) in [6.45, 7) is 15.0. The number of imidazole rings is 1. The highest BCUT2D eigenvalue weighted by atomic mass is 16.5. The number of hydrogen-bond donors (Lipinski definition) is 0. The largest absolute Gasteiger partial charge is 0.381 e. The maximum Gasteiger partial charge on any atom is 0.112 e. The van der Waals surface area contributed by atoms with Gasteiger partial charge >= 0.3 is 0 Å². The zero-order valence-electron chi connectivity index (χ0n) is 26.6. The zero-order valence-corrected chi connectivity index (χ0v) is 26.6. The zero-order chi connectivity index (χ0) is 29.3. The smallest absolute Gasteiger partial charge is 0.112 e. The lowest BCUT2D eigenvalue weighted by Crippen LogP contribution is -2.48. The maximum absolute atomic E-state index is 5.70. The molecule has 3 aromatic rings. The maximum atomic E-state index is 5.70. The van der Waals surface area contributed by atoms with E-state index in [1.165, 1.54) is 78.0 Å². The van der Waals surface area contributed by atoms with Crippen LogP contribution in [0.2, 0.25) is 0 Å². The van der Waals surface area contributed by atoms with E-state index >= 15 is 0 Å². The molecule has 4 aliphatic rings. The number of anilines is 1. The molecule has 0 amide bonds. The van der Waals surface area contributed by atoms with E-state index < -0.39 is 0 Å². The van der Waals surface area contributed by atoms with Crippen LogP contribution in [0.1, 0.15) is 75.6 Å². The number of piperidine rings is 1. The monoisotopic (exact) mass is 585 g/mol. The van der Waals surface area contributed by atoms with E-state index in [2.05, 4.69) is 76.6 Å². The number of fused-ring (bicyclic) bond motifs is 1. The second-order valence-corrected chi connectivity index (χ2v) is 13.7. The highest BCUT2D eigenvalue weighted by Gasteiger charge is 2.30. The van der Waals surface area contributed by atoms with Crippen LogP contribution in [-0.2, 0) is 16.5 Å². The van der Waals surface area contributed by atoms with Gasteiger partial charge in [-0.3, -0.25) is 4.90 Å². The Morgan fingerprint density at radius 3 is 2.02 bits per heavy atom. The minimum atomic E-state index is 0.480. The van der Waals surface area contributed by atoms with Crippen molar-refractivity contribution in [2.24, 2.45) is 7.05 Å². The van der Waals surface area contributed by atoms with E-state index in [0.29, 0.717) is 23.9 Å². The highest BCUT2D eigenvalue weighted by Crippen LogP contribution is 2.39. The van der Waals surface area contributed by atoms with Gasteiger partial charge < -0.3 is 23.8 Å². The first-order chi connectivity index (χ1) is 21.0. The molecule has 0 radical (unpaired) electrons. The van der Waals surface area contributed by atoms with Crippen molar-refractivity contribution < 1.29 is 9.47 Å². The molecule has 5 heterocycles. The van der Waals surface area contributed by atoms with Gasteiger partial charge in [0, 0.05) is 83.3 Å². The molecule has 7 nitrogen and oxygen atoms in total. The van der Waals surface area contributed by atoms with Gasteiger partial charge in [-0.05, 0) is 112 Å². The number of nitrogens with zero attached hydrogens (tertiary/aromatic N) is 5. The fourth-order valence-corrected chi connectivity index (χ4v) is 8.12. The van der Waals surface area contributed by atoms with Crippen molar-refractivity contribution in [3.8, 4) is 11.1 Å². The molecule has 0 unspecified atom stereocenters. The van der Waals surface area contributed by atoms with E-state index in [1.807, 2.05) is 0 Å². The highest BCUT2D eigenvalue weighted by molar-refractivity contribution is 5.87. The third-order valence-electron chi connectivity index (χ3n) is 10.9. The number of aromatic nitrogens is 2. The van der Waals surface area contributed by atoms with Gasteiger partial charge in [0.25, 0.3) is 0 Å². The molecule has 4 aliphatic heterocycles. The summed E-state index contributed by atoms with van der Waals surface area (Å²) >= 11 is 0. The van der Waals surface area contributed by atoms with Gasteiger partial charge in [-0.25, -0.2) is 4.98 Å². The average Bonchev–Trinajstić information content (AvgIpc) is 3.41. The predicted octanol–water partition coefficient (Wildman–Crippen LogP) is 6.02. The second-order valence-electron chi connectivity index (χ2n) is 13.7. The fourth-order valence-electron chi connectivity index (χ4n) is 8.12. The van der Waals surface area contributed by atoms with Crippen LogP contribution in [0.15, 0.2) is 36.4 Å². The Morgan fingerprint density at radius 1 is 0.721 bits per heavy atom. The van der Waals surface area contributed by atoms with Crippen LogP contribution in [0, 0.1) is 0 Å². The van der Waals surface area contributed by atoms with Crippen molar-refractivity contribution >= 4 is 16.7 Å². The normalized spacial score (nSPS) is 22.7. The Balaban J connectivity index is 1.18. The lowest BCUT2D eigenvalue weighted by molar-refractivity contribution is 0.0252. The van der Waals surface area contributed by atoms with E-state index in [0.717, 1.165) is 65.4 Å². The summed E-state index contributed by atoms with van der Waals surface area (Å²) in [6, 6.07) is 15.6. The van der Waals surface area contributed by atoms with Crippen molar-refractivity contribution in [1.82, 2.24) is 19.4 Å². The molecule has 7 rings (SSSR count). The number of aryl methyl sites for hydroxylation is 1. The van der Waals surface area contributed by atoms with Gasteiger partial charge in [-0.15, -0.1) is 0 Å². The van der Waals surface area contributed by atoms with Gasteiger partial charge in [-0.1, -0.05) is 12.1 Å². The first-order valence-electron chi connectivity index (χ1n) is 17.0. The summed E-state index contributed by atoms with van der Waals surface area (Å²) in [5.41, 5.74) is 7.96. The molecule has 43 heavy (non-hydrogen) atoms. The van der Waals surface area contributed by atoms with Crippen LogP contribution in [-0.4, -0.2) is 97.1 Å². The first-order valence-corrected chi connectivity index (χ1v) is 17.0. The van der Waals surface area contributed by atoms with E-state index in [9.17, 15) is 0 Å². The molecule has 0 bridgehead atoms. The number of benzene rings is 2. The van der Waals surface area contributed by atoms with Gasteiger partial charge in [0.15, 0.2) is 0 Å². The molecular formula is C36H51N5O2. The summed E-state index contributed by atoms with van der Waals surface area (Å²) in [4.78, 5) is 13.3. The fraction of sp³-hybridized carbons (Fsp3) is 0.639. The molecule has 2 aromatic carbocycles. The van der Waals surface area contributed by atoms with E-state index in [-0.39, 0.29) is 0 Å². The first kappa shape index (κ1) is 29.3. The number of piperazine rings is 1. The molecule has 4 fully saturated rings. The number of rotatable bonds is 6. The Hall–Kier alpha value is -2.45. The Morgan fingerprint density at radius 2 is 1.37 bits per heavy atom. The summed E-state index contributed by atoms with van der Waals surface area (Å²) in [5, 5.41) is 0. The molecule has 0 atom stereocenters. The minimum absolute atomic E-state index is 0.480. The van der Waals surface area contributed by atoms with Gasteiger partial charge in [0.1, 0.15) is 5.82 Å². The quantitative estimate of drug-likeness (QED) is 0.353. The van der Waals surface area contributed by atoms with Crippen molar-refractivity contribution in [3.05, 3.63) is 47.8 Å². The minimum Gasteiger partial charge on any atom is -0.381 e. The van der Waals surface area contributed by atoms with Crippen LogP contribution >= 0.6 is 0 Å². The lowest BCUT2D eigenvalue weighted by Gasteiger charge is -2.39. The summed E-state index contributed by atoms with van der Waals surface area (Å²) in [5.74, 6) is 2.27.